The Labute approximate surface area is 317 Å². The van der Waals surface area contributed by atoms with Crippen LogP contribution in [0.2, 0.25) is 0 Å². The molecule has 0 bridgehead atoms. The molecule has 0 saturated carbocycles. The molecule has 53 heavy (non-hydrogen) atoms. The van der Waals surface area contributed by atoms with Crippen molar-refractivity contribution in [1.82, 2.24) is 10.2 Å². The summed E-state index contributed by atoms with van der Waals surface area (Å²) < 4.78 is 39.5. The summed E-state index contributed by atoms with van der Waals surface area (Å²) in [6.45, 7) is 13.5. The van der Waals surface area contributed by atoms with Crippen molar-refractivity contribution < 1.29 is 37.3 Å². The number of carbonyl (C=O) groups is 2. The molecule has 0 aliphatic rings. The fraction of sp³-hybridized carbons (Fsp3) is 0.429. The number of carboxylic acid groups (broad SMARTS) is 1. The summed E-state index contributed by atoms with van der Waals surface area (Å²) in [6, 6.07) is 21.6. The van der Waals surface area contributed by atoms with E-state index < -0.39 is 27.8 Å². The van der Waals surface area contributed by atoms with Crippen LogP contribution in [-0.4, -0.2) is 88.9 Å². The third kappa shape index (κ3) is 19.3. The molecule has 2 unspecified atom stereocenters. The van der Waals surface area contributed by atoms with E-state index in [1.165, 1.54) is 6.42 Å². The summed E-state index contributed by atoms with van der Waals surface area (Å²) in [5.41, 5.74) is 3.77. The number of aliphatic carboxylic acids is 1. The first-order valence-corrected chi connectivity index (χ1v) is 19.9. The molecule has 0 radical (unpaired) electrons. The molecule has 3 aromatic carbocycles. The zero-order valence-corrected chi connectivity index (χ0v) is 33.6. The summed E-state index contributed by atoms with van der Waals surface area (Å²) in [5.74, 6) is -0.513. The molecular formula is C42H60N2O8S. The topological polar surface area (TPSA) is 131 Å². The van der Waals surface area contributed by atoms with E-state index in [1.807, 2.05) is 87.6 Å². The van der Waals surface area contributed by atoms with Crippen molar-refractivity contribution in [3.8, 4) is 16.9 Å². The Bertz CT molecular complexity index is 1680. The Morgan fingerprint density at radius 3 is 2.17 bits per heavy atom. The SMILES string of the molecule is C=C/C=C(\C)OC.CCC.COCCCC(CN(C)Cc1ccc(C(=O)NC(CCS(C)(=O)=O)C(=O)O)c(-c2ccccc2C)c1)Oc1ccccc1. The number of hydrogen-bond acceptors (Lipinski definition) is 8. The van der Waals surface area contributed by atoms with Crippen molar-refractivity contribution in [3.63, 3.8) is 0 Å². The van der Waals surface area contributed by atoms with E-state index in [-0.39, 0.29) is 18.3 Å². The van der Waals surface area contributed by atoms with Crippen LogP contribution in [0.25, 0.3) is 11.1 Å². The number of aryl methyl sites for hydroxylation is 1. The quantitative estimate of drug-likeness (QED) is 0.0718. The van der Waals surface area contributed by atoms with Gasteiger partial charge in [0.05, 0.1) is 18.6 Å². The molecule has 0 aliphatic heterocycles. The van der Waals surface area contributed by atoms with Crippen molar-refractivity contribution in [1.29, 1.82) is 0 Å². The largest absolute Gasteiger partial charge is 0.501 e. The number of nitrogens with one attached hydrogen (secondary N) is 1. The van der Waals surface area contributed by atoms with Gasteiger partial charge in [0.15, 0.2) is 0 Å². The van der Waals surface area contributed by atoms with Gasteiger partial charge in [-0.05, 0) is 92.8 Å². The molecule has 3 rings (SSSR count). The van der Waals surface area contributed by atoms with Gasteiger partial charge < -0.3 is 24.6 Å². The fourth-order valence-electron chi connectivity index (χ4n) is 5.10. The maximum absolute atomic E-state index is 13.4. The molecule has 0 saturated heterocycles. The minimum atomic E-state index is -3.39. The predicted octanol–water partition coefficient (Wildman–Crippen LogP) is 7.72. The normalized spacial score (nSPS) is 12.3. The second-order valence-corrected chi connectivity index (χ2v) is 15.0. The van der Waals surface area contributed by atoms with Gasteiger partial charge in [-0.15, -0.1) is 0 Å². The number of hydrogen-bond donors (Lipinski definition) is 2. The Kier molecular flexibility index (Phi) is 22.4. The van der Waals surface area contributed by atoms with Crippen LogP contribution in [0.1, 0.15) is 67.9 Å². The number of para-hydroxylation sites is 1. The number of rotatable bonds is 19. The number of carbonyl (C=O) groups excluding carboxylic acids is 1. The number of sulfone groups is 1. The minimum Gasteiger partial charge on any atom is -0.501 e. The highest BCUT2D eigenvalue weighted by Crippen LogP contribution is 2.29. The molecule has 292 valence electrons. The monoisotopic (exact) mass is 752 g/mol. The van der Waals surface area contributed by atoms with Gasteiger partial charge in [0.25, 0.3) is 5.91 Å². The number of carboxylic acids is 1. The van der Waals surface area contributed by atoms with E-state index >= 15 is 0 Å². The summed E-state index contributed by atoms with van der Waals surface area (Å²) >= 11 is 0. The van der Waals surface area contributed by atoms with Crippen LogP contribution in [0.5, 0.6) is 5.75 Å². The second kappa shape index (κ2) is 25.5. The summed E-state index contributed by atoms with van der Waals surface area (Å²) in [5, 5.41) is 12.2. The smallest absolute Gasteiger partial charge is 0.326 e. The van der Waals surface area contributed by atoms with Gasteiger partial charge in [-0.1, -0.05) is 81.5 Å². The molecule has 2 atom stereocenters. The summed E-state index contributed by atoms with van der Waals surface area (Å²) in [4.78, 5) is 27.4. The van der Waals surface area contributed by atoms with E-state index in [2.05, 4.69) is 30.6 Å². The average molecular weight is 753 g/mol. The third-order valence-electron chi connectivity index (χ3n) is 7.71. The first-order valence-electron chi connectivity index (χ1n) is 17.8. The maximum Gasteiger partial charge on any atom is 0.326 e. The number of amides is 1. The molecule has 0 aromatic heterocycles. The van der Waals surface area contributed by atoms with Crippen LogP contribution in [0.3, 0.4) is 0 Å². The Morgan fingerprint density at radius 1 is 0.981 bits per heavy atom. The van der Waals surface area contributed by atoms with Crippen molar-refractivity contribution in [3.05, 3.63) is 114 Å². The van der Waals surface area contributed by atoms with Crippen molar-refractivity contribution in [2.45, 2.75) is 72.1 Å². The number of methoxy groups -OCH3 is 2. The Hall–Kier alpha value is -4.45. The van der Waals surface area contributed by atoms with Crippen molar-refractivity contribution >= 4 is 21.7 Å². The lowest BCUT2D eigenvalue weighted by atomic mass is 9.93. The molecular weight excluding hydrogens is 693 g/mol. The lowest BCUT2D eigenvalue weighted by molar-refractivity contribution is -0.139. The van der Waals surface area contributed by atoms with Gasteiger partial charge >= 0.3 is 5.97 Å². The van der Waals surface area contributed by atoms with Crippen molar-refractivity contribution in [2.24, 2.45) is 0 Å². The van der Waals surface area contributed by atoms with Crippen molar-refractivity contribution in [2.75, 3.05) is 46.4 Å². The second-order valence-electron chi connectivity index (χ2n) is 12.8. The molecule has 3 aromatic rings. The molecule has 0 aliphatic carbocycles. The molecule has 0 heterocycles. The summed E-state index contributed by atoms with van der Waals surface area (Å²) in [6.07, 6.45) is 7.20. The zero-order valence-electron chi connectivity index (χ0n) is 32.8. The highest BCUT2D eigenvalue weighted by Gasteiger charge is 2.24. The van der Waals surface area contributed by atoms with Crippen LogP contribution in [0.4, 0.5) is 0 Å². The van der Waals surface area contributed by atoms with Crippen LogP contribution >= 0.6 is 0 Å². The number of likely N-dealkylation sites (N-methyl/N-ethyl adjacent to an activating group) is 1. The van der Waals surface area contributed by atoms with E-state index in [9.17, 15) is 23.1 Å². The van der Waals surface area contributed by atoms with Crippen LogP contribution < -0.4 is 10.1 Å². The number of ether oxygens (including phenoxy) is 3. The Morgan fingerprint density at radius 2 is 1.62 bits per heavy atom. The number of benzene rings is 3. The standard InChI is InChI=1S/C33H42N2O7S.C6H10O.C3H8/c1-24-11-8-9-15-28(24)30-21-25(16-17-29(30)32(36)34-31(33(37)38)18-20-43(4,39)40)22-35(2)23-27(14-10-19-41-3)42-26-12-6-5-7-13-26;1-4-5-6(2)7-3;1-3-2/h5-9,11-13,15-17,21,27,31H,10,14,18-20,22-23H2,1-4H3,(H,34,36)(H,37,38);4-5H,1H2,2-3H3;3H2,1-2H3/b;6-5+;. The molecule has 10 nitrogen and oxygen atoms in total. The van der Waals surface area contributed by atoms with Gasteiger partial charge in [-0.2, -0.15) is 0 Å². The lowest BCUT2D eigenvalue weighted by Crippen LogP contribution is -2.42. The van der Waals surface area contributed by atoms with Crippen LogP contribution in [-0.2, 0) is 30.7 Å². The highest BCUT2D eigenvalue weighted by molar-refractivity contribution is 7.90. The van der Waals surface area contributed by atoms with Crippen LogP contribution in [0.15, 0.2) is 97.3 Å². The van der Waals surface area contributed by atoms with Gasteiger partial charge in [0.1, 0.15) is 27.7 Å². The Balaban J connectivity index is 0.00000124. The molecule has 2 N–H and O–H groups in total. The first-order chi connectivity index (χ1) is 25.2. The molecule has 0 fully saturated rings. The predicted molar refractivity (Wildman–Crippen MR) is 215 cm³/mol. The highest BCUT2D eigenvalue weighted by atomic mass is 32.2. The van der Waals surface area contributed by atoms with Gasteiger partial charge in [0, 0.05) is 38.6 Å². The number of nitrogens with zero attached hydrogens (tertiary/aromatic N) is 1. The van der Waals surface area contributed by atoms with Gasteiger partial charge in [0.2, 0.25) is 0 Å². The summed E-state index contributed by atoms with van der Waals surface area (Å²) in [7, 11) is 1.95. The van der Waals surface area contributed by atoms with E-state index in [0.717, 1.165) is 47.3 Å². The van der Waals surface area contributed by atoms with E-state index in [4.69, 9.17) is 14.2 Å². The maximum atomic E-state index is 13.4. The average Bonchev–Trinajstić information content (AvgIpc) is 3.11. The number of allylic oxidation sites excluding steroid dienone is 3. The first kappa shape index (κ1) is 46.6. The van der Waals surface area contributed by atoms with Gasteiger partial charge in [-0.3, -0.25) is 9.69 Å². The molecule has 1 amide bonds. The zero-order chi connectivity index (χ0) is 39.8. The van der Waals surface area contributed by atoms with Gasteiger partial charge in [-0.25, -0.2) is 13.2 Å². The fourth-order valence-corrected chi connectivity index (χ4v) is 5.77. The van der Waals surface area contributed by atoms with E-state index in [0.29, 0.717) is 30.8 Å². The third-order valence-corrected chi connectivity index (χ3v) is 8.68. The van der Waals surface area contributed by atoms with E-state index in [1.54, 1.807) is 32.4 Å². The van der Waals surface area contributed by atoms with Crippen LogP contribution in [0, 0.1) is 6.92 Å². The lowest BCUT2D eigenvalue weighted by Gasteiger charge is -2.26. The molecule has 0 spiro atoms. The molecule has 11 heteroatoms. The minimum absolute atomic E-state index is 0.0525.